The van der Waals surface area contributed by atoms with Crippen LogP contribution >= 0.6 is 0 Å². The highest BCUT2D eigenvalue weighted by Crippen LogP contribution is 2.42. The number of carbonyl (C=O) groups is 1. The summed E-state index contributed by atoms with van der Waals surface area (Å²) >= 11 is 0. The average molecular weight is 340 g/mol. The molecule has 2 aliphatic rings. The lowest BCUT2D eigenvalue weighted by Crippen LogP contribution is -2.26. The van der Waals surface area contributed by atoms with E-state index in [-0.39, 0.29) is 11.3 Å². The number of aromatic hydroxyl groups is 1. The number of rotatable bonds is 6. The Bertz CT molecular complexity index is 751. The topological polar surface area (TPSA) is 64.3 Å². The fourth-order valence-electron chi connectivity index (χ4n) is 4.01. The van der Waals surface area contributed by atoms with Gasteiger partial charge in [-0.3, -0.25) is 9.48 Å². The van der Waals surface area contributed by atoms with Gasteiger partial charge >= 0.3 is 0 Å². The van der Waals surface area contributed by atoms with Gasteiger partial charge in [0.1, 0.15) is 11.5 Å². The van der Waals surface area contributed by atoms with Crippen molar-refractivity contribution in [2.75, 3.05) is 6.61 Å². The van der Waals surface area contributed by atoms with Crippen molar-refractivity contribution in [1.29, 1.82) is 0 Å². The maximum absolute atomic E-state index is 11.2. The number of carbonyl (C=O) groups excluding carboxylic acids is 1. The largest absolute Gasteiger partial charge is 0.507 e. The summed E-state index contributed by atoms with van der Waals surface area (Å²) < 4.78 is 8.19. The van der Waals surface area contributed by atoms with Crippen molar-refractivity contribution < 1.29 is 14.6 Å². The molecule has 1 aromatic carbocycles. The summed E-state index contributed by atoms with van der Waals surface area (Å²) in [6.45, 7) is 0.560. The van der Waals surface area contributed by atoms with Crippen LogP contribution in [0.1, 0.15) is 66.5 Å². The van der Waals surface area contributed by atoms with Gasteiger partial charge in [-0.25, -0.2) is 0 Å². The number of ether oxygens (including phenoxy) is 1. The van der Waals surface area contributed by atoms with Crippen LogP contribution in [0, 0.1) is 5.92 Å². The Labute approximate surface area is 147 Å². The third-order valence-corrected chi connectivity index (χ3v) is 5.50. The van der Waals surface area contributed by atoms with Crippen LogP contribution in [0.5, 0.6) is 11.5 Å². The molecule has 2 fully saturated rings. The Morgan fingerprint density at radius 1 is 1.20 bits per heavy atom. The Morgan fingerprint density at radius 3 is 2.84 bits per heavy atom. The van der Waals surface area contributed by atoms with E-state index in [1.807, 2.05) is 6.20 Å². The zero-order valence-corrected chi connectivity index (χ0v) is 14.3. The lowest BCUT2D eigenvalue weighted by Gasteiger charge is -2.32. The monoisotopic (exact) mass is 340 g/mol. The molecular weight excluding hydrogens is 316 g/mol. The SMILES string of the molecule is O=Cc1c(O)cccc1OCC1CCCCC1c1ccnn1C1CC1. The fourth-order valence-corrected chi connectivity index (χ4v) is 4.01. The second-order valence-electron chi connectivity index (χ2n) is 7.20. The molecule has 0 spiro atoms. The number of aromatic nitrogens is 2. The van der Waals surface area contributed by atoms with Crippen molar-refractivity contribution in [2.45, 2.75) is 50.5 Å². The number of phenols is 1. The predicted octanol–water partition coefficient (Wildman–Crippen LogP) is 4.09. The van der Waals surface area contributed by atoms with Crippen LogP contribution in [0.15, 0.2) is 30.5 Å². The molecule has 25 heavy (non-hydrogen) atoms. The standard InChI is InChI=1S/C20H24N2O3/c23-12-17-19(24)6-3-7-20(17)25-13-14-4-1-2-5-16(14)18-10-11-21-22(18)15-8-9-15/h3,6-7,10-12,14-16,24H,1-2,4-5,8-9,13H2. The first-order valence-electron chi connectivity index (χ1n) is 9.21. The van der Waals surface area contributed by atoms with Gasteiger partial charge in [0.25, 0.3) is 0 Å². The third-order valence-electron chi connectivity index (χ3n) is 5.50. The van der Waals surface area contributed by atoms with Gasteiger partial charge < -0.3 is 9.84 Å². The Kier molecular flexibility index (Phi) is 4.47. The van der Waals surface area contributed by atoms with E-state index in [1.165, 1.54) is 37.4 Å². The molecule has 1 N–H and O–H groups in total. The maximum atomic E-state index is 11.2. The minimum absolute atomic E-state index is 0.0282. The summed E-state index contributed by atoms with van der Waals surface area (Å²) in [5.74, 6) is 1.30. The van der Waals surface area contributed by atoms with E-state index < -0.39 is 0 Å². The van der Waals surface area contributed by atoms with E-state index in [4.69, 9.17) is 4.74 Å². The molecule has 1 heterocycles. The molecule has 2 saturated carbocycles. The van der Waals surface area contributed by atoms with Crippen molar-refractivity contribution in [1.82, 2.24) is 9.78 Å². The van der Waals surface area contributed by atoms with Gasteiger partial charge in [0.2, 0.25) is 0 Å². The van der Waals surface area contributed by atoms with E-state index in [0.717, 1.165) is 12.8 Å². The Balaban J connectivity index is 1.51. The van der Waals surface area contributed by atoms with Crippen molar-refractivity contribution in [3.63, 3.8) is 0 Å². The van der Waals surface area contributed by atoms with Gasteiger partial charge in [0.05, 0.1) is 18.2 Å². The third kappa shape index (κ3) is 3.28. The summed E-state index contributed by atoms with van der Waals surface area (Å²) in [5, 5.41) is 14.4. The average Bonchev–Trinajstić information content (AvgIpc) is 3.37. The van der Waals surface area contributed by atoms with Crippen LogP contribution in [0.4, 0.5) is 0 Å². The van der Waals surface area contributed by atoms with Crippen LogP contribution in [0.25, 0.3) is 0 Å². The zero-order chi connectivity index (χ0) is 17.2. The molecule has 132 valence electrons. The van der Waals surface area contributed by atoms with Crippen molar-refractivity contribution in [2.24, 2.45) is 5.92 Å². The molecular formula is C20H24N2O3. The molecule has 0 amide bonds. The molecule has 4 rings (SSSR count). The van der Waals surface area contributed by atoms with Crippen molar-refractivity contribution >= 4 is 6.29 Å². The fraction of sp³-hybridized carbons (Fsp3) is 0.500. The molecule has 2 aromatic rings. The summed E-state index contributed by atoms with van der Waals surface area (Å²) in [6.07, 6.45) is 9.77. The molecule has 0 bridgehead atoms. The van der Waals surface area contributed by atoms with Crippen LogP contribution in [-0.2, 0) is 0 Å². The zero-order valence-electron chi connectivity index (χ0n) is 14.3. The number of phenolic OH excluding ortho intramolecular Hbond substituents is 1. The van der Waals surface area contributed by atoms with Gasteiger partial charge in [0, 0.05) is 23.7 Å². The molecule has 2 aliphatic carbocycles. The number of aldehydes is 1. The highest BCUT2D eigenvalue weighted by atomic mass is 16.5. The summed E-state index contributed by atoms with van der Waals surface area (Å²) in [5.41, 5.74) is 1.57. The summed E-state index contributed by atoms with van der Waals surface area (Å²) in [4.78, 5) is 11.2. The van der Waals surface area contributed by atoms with Crippen LogP contribution in [0.2, 0.25) is 0 Å². The molecule has 2 unspecified atom stereocenters. The van der Waals surface area contributed by atoms with Crippen LogP contribution in [-0.4, -0.2) is 27.8 Å². The van der Waals surface area contributed by atoms with Crippen molar-refractivity contribution in [3.05, 3.63) is 41.7 Å². The first kappa shape index (κ1) is 16.2. The molecule has 5 nitrogen and oxygen atoms in total. The lowest BCUT2D eigenvalue weighted by molar-refractivity contribution is 0.111. The van der Waals surface area contributed by atoms with E-state index in [1.54, 1.807) is 12.1 Å². The molecule has 1 aromatic heterocycles. The van der Waals surface area contributed by atoms with Crippen LogP contribution < -0.4 is 4.74 Å². The highest BCUT2D eigenvalue weighted by molar-refractivity contribution is 5.83. The highest BCUT2D eigenvalue weighted by Gasteiger charge is 2.33. The number of benzene rings is 1. The lowest BCUT2D eigenvalue weighted by atomic mass is 9.78. The second kappa shape index (κ2) is 6.90. The quantitative estimate of drug-likeness (QED) is 0.805. The minimum atomic E-state index is -0.0282. The number of hydrogen-bond acceptors (Lipinski definition) is 4. The Morgan fingerprint density at radius 2 is 2.04 bits per heavy atom. The first-order chi connectivity index (χ1) is 12.3. The second-order valence-corrected chi connectivity index (χ2v) is 7.20. The molecule has 2 atom stereocenters. The van der Waals surface area contributed by atoms with Gasteiger partial charge in [0.15, 0.2) is 6.29 Å². The molecule has 0 radical (unpaired) electrons. The van der Waals surface area contributed by atoms with E-state index in [9.17, 15) is 9.90 Å². The van der Waals surface area contributed by atoms with Gasteiger partial charge in [-0.15, -0.1) is 0 Å². The van der Waals surface area contributed by atoms with Gasteiger partial charge in [-0.05, 0) is 43.9 Å². The molecule has 0 saturated heterocycles. The predicted molar refractivity (Wildman–Crippen MR) is 94.2 cm³/mol. The van der Waals surface area contributed by atoms with E-state index >= 15 is 0 Å². The van der Waals surface area contributed by atoms with Gasteiger partial charge in [-0.1, -0.05) is 18.9 Å². The molecule has 5 heteroatoms. The van der Waals surface area contributed by atoms with Crippen molar-refractivity contribution in [3.8, 4) is 11.5 Å². The Hall–Kier alpha value is -2.30. The van der Waals surface area contributed by atoms with E-state index in [0.29, 0.717) is 36.5 Å². The summed E-state index contributed by atoms with van der Waals surface area (Å²) in [6, 6.07) is 7.70. The normalized spacial score (nSPS) is 23.4. The summed E-state index contributed by atoms with van der Waals surface area (Å²) in [7, 11) is 0. The van der Waals surface area contributed by atoms with E-state index in [2.05, 4.69) is 15.8 Å². The smallest absolute Gasteiger partial charge is 0.157 e. The maximum Gasteiger partial charge on any atom is 0.157 e. The molecule has 0 aliphatic heterocycles. The number of nitrogens with zero attached hydrogens (tertiary/aromatic N) is 2. The van der Waals surface area contributed by atoms with Crippen LogP contribution in [0.3, 0.4) is 0 Å². The number of hydrogen-bond donors (Lipinski definition) is 1. The minimum Gasteiger partial charge on any atom is -0.507 e. The first-order valence-corrected chi connectivity index (χ1v) is 9.21. The van der Waals surface area contributed by atoms with Gasteiger partial charge in [-0.2, -0.15) is 5.10 Å².